The summed E-state index contributed by atoms with van der Waals surface area (Å²) in [6.45, 7) is 0.823. The maximum atomic E-state index is 12.2. The Labute approximate surface area is 149 Å². The predicted octanol–water partition coefficient (Wildman–Crippen LogP) is 3.07. The van der Waals surface area contributed by atoms with Gasteiger partial charge in [-0.2, -0.15) is 0 Å². The van der Waals surface area contributed by atoms with Crippen LogP contribution < -0.4 is 4.74 Å². The van der Waals surface area contributed by atoms with E-state index < -0.39 is 6.09 Å². The van der Waals surface area contributed by atoms with Crippen LogP contribution >= 0.6 is 23.2 Å². The number of rotatable bonds is 2. The number of nitrogens with zero attached hydrogens (tertiary/aromatic N) is 2. The van der Waals surface area contributed by atoms with Crippen molar-refractivity contribution >= 4 is 35.2 Å². The van der Waals surface area contributed by atoms with Gasteiger partial charge in [-0.05, 0) is 30.9 Å². The third-order valence-corrected chi connectivity index (χ3v) is 5.60. The van der Waals surface area contributed by atoms with Gasteiger partial charge in [0.05, 0.1) is 23.2 Å². The molecule has 3 rings (SSSR count). The highest BCUT2D eigenvalue weighted by atomic mass is 35.5. The van der Waals surface area contributed by atoms with Gasteiger partial charge in [-0.1, -0.05) is 23.2 Å². The standard InChI is InChI=1S/C16H18Cl2N2O4/c1-24-12-3-2-11(17)15(18)14(12)9-4-5-20-10(6-9)7-19(16(22)23)8-13(20)21/h2-3,9-10H,4-8H2,1H3,(H,22,23)/t9-,10+/m1/s1. The molecule has 2 atom stereocenters. The topological polar surface area (TPSA) is 70.1 Å². The van der Waals surface area contributed by atoms with Crippen LogP contribution in [0.25, 0.3) is 0 Å². The second kappa shape index (κ2) is 6.69. The number of piperidine rings is 1. The number of piperazine rings is 1. The second-order valence-electron chi connectivity index (χ2n) is 6.10. The van der Waals surface area contributed by atoms with Crippen molar-refractivity contribution in [2.24, 2.45) is 0 Å². The van der Waals surface area contributed by atoms with E-state index in [0.29, 0.717) is 35.3 Å². The minimum absolute atomic E-state index is 0.0638. The number of hydrogen-bond donors (Lipinski definition) is 1. The van der Waals surface area contributed by atoms with E-state index in [0.717, 1.165) is 12.0 Å². The van der Waals surface area contributed by atoms with Gasteiger partial charge in [0, 0.05) is 18.7 Å². The van der Waals surface area contributed by atoms with Crippen LogP contribution in [0.3, 0.4) is 0 Å². The number of halogens is 2. The molecule has 0 spiro atoms. The SMILES string of the molecule is COc1ccc(Cl)c(Cl)c1[C@@H]1CCN2C(=O)CN(C(=O)O)C[C@@H]2C1. The van der Waals surface area contributed by atoms with Gasteiger partial charge in [0.1, 0.15) is 12.3 Å². The molecule has 2 amide bonds. The molecule has 2 aliphatic heterocycles. The van der Waals surface area contributed by atoms with Gasteiger partial charge in [0.25, 0.3) is 0 Å². The van der Waals surface area contributed by atoms with E-state index in [-0.39, 0.29) is 24.4 Å². The molecule has 0 aliphatic carbocycles. The maximum absolute atomic E-state index is 12.2. The van der Waals surface area contributed by atoms with Crippen LogP contribution in [0.4, 0.5) is 4.79 Å². The van der Waals surface area contributed by atoms with Crippen LogP contribution in [0.2, 0.25) is 10.0 Å². The Bertz CT molecular complexity index is 682. The van der Waals surface area contributed by atoms with Gasteiger partial charge in [-0.3, -0.25) is 9.69 Å². The lowest BCUT2D eigenvalue weighted by Crippen LogP contribution is -2.59. The first-order chi connectivity index (χ1) is 11.4. The van der Waals surface area contributed by atoms with Gasteiger partial charge in [-0.25, -0.2) is 4.79 Å². The summed E-state index contributed by atoms with van der Waals surface area (Å²) in [6.07, 6.45) is 0.306. The summed E-state index contributed by atoms with van der Waals surface area (Å²) in [7, 11) is 1.58. The lowest BCUT2D eigenvalue weighted by atomic mass is 9.83. The number of fused-ring (bicyclic) bond motifs is 1. The fourth-order valence-corrected chi connectivity index (χ4v) is 4.12. The quantitative estimate of drug-likeness (QED) is 0.865. The number of methoxy groups -OCH3 is 1. The molecular weight excluding hydrogens is 355 g/mol. The Morgan fingerprint density at radius 1 is 1.38 bits per heavy atom. The molecule has 8 heteroatoms. The van der Waals surface area contributed by atoms with E-state index in [2.05, 4.69) is 0 Å². The molecule has 0 saturated carbocycles. The van der Waals surface area contributed by atoms with Crippen LogP contribution in [0.5, 0.6) is 5.75 Å². The Hall–Kier alpha value is -1.66. The lowest BCUT2D eigenvalue weighted by molar-refractivity contribution is -0.140. The van der Waals surface area contributed by atoms with E-state index in [1.54, 1.807) is 24.1 Å². The van der Waals surface area contributed by atoms with Crippen molar-refractivity contribution in [2.45, 2.75) is 24.8 Å². The zero-order chi connectivity index (χ0) is 17.4. The van der Waals surface area contributed by atoms with Gasteiger partial charge in [-0.15, -0.1) is 0 Å². The van der Waals surface area contributed by atoms with Crippen molar-refractivity contribution in [1.29, 1.82) is 0 Å². The summed E-state index contributed by atoms with van der Waals surface area (Å²) in [6, 6.07) is 3.32. The Kier molecular flexibility index (Phi) is 4.78. The molecule has 1 aromatic carbocycles. The second-order valence-corrected chi connectivity index (χ2v) is 6.89. The average molecular weight is 373 g/mol. The normalized spacial score (nSPS) is 23.9. The van der Waals surface area contributed by atoms with Crippen LogP contribution in [0.1, 0.15) is 24.3 Å². The molecule has 2 fully saturated rings. The third-order valence-electron chi connectivity index (χ3n) is 4.78. The largest absolute Gasteiger partial charge is 0.496 e. The fraction of sp³-hybridized carbons (Fsp3) is 0.500. The smallest absolute Gasteiger partial charge is 0.407 e. The van der Waals surface area contributed by atoms with E-state index in [9.17, 15) is 14.7 Å². The molecule has 6 nitrogen and oxygen atoms in total. The number of carboxylic acid groups (broad SMARTS) is 1. The van der Waals surface area contributed by atoms with Crippen molar-refractivity contribution in [3.05, 3.63) is 27.7 Å². The van der Waals surface area contributed by atoms with Gasteiger partial charge >= 0.3 is 6.09 Å². The molecule has 2 aliphatic rings. The minimum Gasteiger partial charge on any atom is -0.496 e. The molecule has 0 aromatic heterocycles. The molecule has 24 heavy (non-hydrogen) atoms. The molecular formula is C16H18Cl2N2O4. The van der Waals surface area contributed by atoms with Gasteiger partial charge < -0.3 is 14.7 Å². The van der Waals surface area contributed by atoms with E-state index >= 15 is 0 Å². The van der Waals surface area contributed by atoms with Crippen molar-refractivity contribution in [3.8, 4) is 5.75 Å². The molecule has 1 aromatic rings. The summed E-state index contributed by atoms with van der Waals surface area (Å²) in [5.74, 6) is 0.588. The van der Waals surface area contributed by atoms with Crippen LogP contribution in [0, 0.1) is 0 Å². The molecule has 0 bridgehead atoms. The van der Waals surface area contributed by atoms with E-state index in [1.807, 2.05) is 0 Å². The summed E-state index contributed by atoms with van der Waals surface area (Å²) in [4.78, 5) is 26.3. The summed E-state index contributed by atoms with van der Waals surface area (Å²) < 4.78 is 5.42. The highest BCUT2D eigenvalue weighted by Gasteiger charge is 2.40. The molecule has 1 N–H and O–H groups in total. The first-order valence-corrected chi connectivity index (χ1v) is 8.47. The van der Waals surface area contributed by atoms with Crippen LogP contribution in [-0.4, -0.2) is 59.7 Å². The van der Waals surface area contributed by atoms with Crippen LogP contribution in [0.15, 0.2) is 12.1 Å². The molecule has 0 unspecified atom stereocenters. The Morgan fingerprint density at radius 2 is 2.12 bits per heavy atom. The maximum Gasteiger partial charge on any atom is 0.407 e. The van der Waals surface area contributed by atoms with Crippen molar-refractivity contribution in [2.75, 3.05) is 26.7 Å². The number of benzene rings is 1. The lowest BCUT2D eigenvalue weighted by Gasteiger charge is -2.45. The number of amides is 2. The number of carbonyl (C=O) groups excluding carboxylic acids is 1. The first kappa shape index (κ1) is 17.2. The first-order valence-electron chi connectivity index (χ1n) is 7.71. The fourth-order valence-electron chi connectivity index (χ4n) is 3.64. The Balaban J connectivity index is 1.87. The van der Waals surface area contributed by atoms with Crippen molar-refractivity contribution in [1.82, 2.24) is 9.80 Å². The molecule has 2 heterocycles. The van der Waals surface area contributed by atoms with E-state index in [1.165, 1.54) is 4.90 Å². The average Bonchev–Trinajstić information content (AvgIpc) is 2.56. The third kappa shape index (κ3) is 3.00. The highest BCUT2D eigenvalue weighted by molar-refractivity contribution is 6.42. The summed E-state index contributed by atoms with van der Waals surface area (Å²) in [5.41, 5.74) is 0.839. The predicted molar refractivity (Wildman–Crippen MR) is 90.1 cm³/mol. The van der Waals surface area contributed by atoms with Crippen LogP contribution in [-0.2, 0) is 4.79 Å². The molecule has 130 valence electrons. The monoisotopic (exact) mass is 372 g/mol. The van der Waals surface area contributed by atoms with Gasteiger partial charge in [0.15, 0.2) is 0 Å². The summed E-state index contributed by atoms with van der Waals surface area (Å²) in [5, 5.41) is 10.1. The molecule has 0 radical (unpaired) electrons. The number of carbonyl (C=O) groups is 2. The van der Waals surface area contributed by atoms with Gasteiger partial charge in [0.2, 0.25) is 5.91 Å². The number of ether oxygens (including phenoxy) is 1. The zero-order valence-corrected chi connectivity index (χ0v) is 14.7. The van der Waals surface area contributed by atoms with Crippen molar-refractivity contribution < 1.29 is 19.4 Å². The zero-order valence-electron chi connectivity index (χ0n) is 13.2. The Morgan fingerprint density at radius 3 is 2.79 bits per heavy atom. The van der Waals surface area contributed by atoms with E-state index in [4.69, 9.17) is 27.9 Å². The molecule has 2 saturated heterocycles. The minimum atomic E-state index is -1.07. The van der Waals surface area contributed by atoms with Crippen molar-refractivity contribution in [3.63, 3.8) is 0 Å². The highest BCUT2D eigenvalue weighted by Crippen LogP contribution is 2.43. The summed E-state index contributed by atoms with van der Waals surface area (Å²) >= 11 is 12.5. The number of hydrogen-bond acceptors (Lipinski definition) is 3.